The topological polar surface area (TPSA) is 104 Å². The zero-order valence-corrected chi connectivity index (χ0v) is 23.6. The van der Waals surface area contributed by atoms with E-state index < -0.39 is 6.04 Å². The van der Waals surface area contributed by atoms with Gasteiger partial charge in [-0.25, -0.2) is 0 Å². The van der Waals surface area contributed by atoms with Crippen molar-refractivity contribution < 1.29 is 9.59 Å². The molecule has 1 heterocycles. The Morgan fingerprint density at radius 3 is 2.37 bits per heavy atom. The lowest BCUT2D eigenvalue weighted by molar-refractivity contribution is -0.143. The third kappa shape index (κ3) is 7.06. The maximum Gasteiger partial charge on any atom is 0.243 e. The van der Waals surface area contributed by atoms with Crippen LogP contribution in [0.25, 0.3) is 22.5 Å². The second kappa shape index (κ2) is 13.8. The van der Waals surface area contributed by atoms with Crippen LogP contribution in [0.5, 0.6) is 0 Å². The number of nitrogens with zero attached hydrogens (tertiary/aromatic N) is 4. The highest BCUT2D eigenvalue weighted by molar-refractivity contribution is 5.88. The predicted molar refractivity (Wildman–Crippen MR) is 159 cm³/mol. The van der Waals surface area contributed by atoms with Gasteiger partial charge in [-0.05, 0) is 58.7 Å². The van der Waals surface area contributed by atoms with Gasteiger partial charge in [0.2, 0.25) is 17.6 Å². The highest BCUT2D eigenvalue weighted by Gasteiger charge is 2.37. The first-order chi connectivity index (χ1) is 20.1. The molecular weight excluding hydrogens is 512 g/mol. The lowest BCUT2D eigenvalue weighted by Gasteiger charge is -2.35. The highest BCUT2D eigenvalue weighted by atomic mass is 16.2. The molecule has 1 fully saturated rings. The fraction of sp³-hybridized carbons (Fsp3) is 0.364. The van der Waals surface area contributed by atoms with Crippen molar-refractivity contribution in [3.63, 3.8) is 0 Å². The zero-order valence-electron chi connectivity index (χ0n) is 23.6. The molecule has 212 valence electrons. The monoisotopic (exact) mass is 550 g/mol. The third-order valence-corrected chi connectivity index (χ3v) is 7.93. The Hall–Kier alpha value is -4.33. The number of H-pyrrole nitrogens is 1. The van der Waals surface area contributed by atoms with Crippen LogP contribution in [0.2, 0.25) is 0 Å². The van der Waals surface area contributed by atoms with Crippen LogP contribution in [-0.2, 0) is 22.7 Å². The van der Waals surface area contributed by atoms with Crippen LogP contribution in [0.3, 0.4) is 0 Å². The average Bonchev–Trinajstić information content (AvgIpc) is 3.75. The van der Waals surface area contributed by atoms with Crippen LogP contribution < -0.4 is 5.32 Å². The van der Waals surface area contributed by atoms with Crippen LogP contribution in [0.1, 0.15) is 63.0 Å². The molecule has 0 bridgehead atoms. The van der Waals surface area contributed by atoms with Crippen LogP contribution in [-0.4, -0.2) is 43.4 Å². The van der Waals surface area contributed by atoms with Crippen molar-refractivity contribution in [3.8, 4) is 22.5 Å². The van der Waals surface area contributed by atoms with Gasteiger partial charge in [0.05, 0.1) is 0 Å². The van der Waals surface area contributed by atoms with E-state index in [4.69, 9.17) is 0 Å². The molecule has 0 radical (unpaired) electrons. The minimum Gasteiger partial charge on any atom is -0.350 e. The Balaban J connectivity index is 1.48. The molecule has 1 saturated carbocycles. The summed E-state index contributed by atoms with van der Waals surface area (Å²) < 4.78 is 0. The van der Waals surface area contributed by atoms with Gasteiger partial charge in [-0.15, -0.1) is 10.2 Å². The van der Waals surface area contributed by atoms with Crippen molar-refractivity contribution in [2.75, 3.05) is 0 Å². The number of hydrogen-bond acceptors (Lipinski definition) is 5. The number of amides is 2. The van der Waals surface area contributed by atoms with Crippen molar-refractivity contribution in [3.05, 3.63) is 90.0 Å². The molecule has 41 heavy (non-hydrogen) atoms. The van der Waals surface area contributed by atoms with E-state index in [0.717, 1.165) is 66.3 Å². The van der Waals surface area contributed by atoms with E-state index >= 15 is 0 Å². The highest BCUT2D eigenvalue weighted by Crippen LogP contribution is 2.34. The number of tetrazole rings is 1. The minimum atomic E-state index is -0.520. The molecule has 2 amide bonds. The number of unbranched alkanes of at least 4 members (excludes halogenated alkanes) is 1. The van der Waals surface area contributed by atoms with Gasteiger partial charge in [0.15, 0.2) is 0 Å². The van der Waals surface area contributed by atoms with Crippen molar-refractivity contribution in [2.45, 2.75) is 71.0 Å². The van der Waals surface area contributed by atoms with Gasteiger partial charge in [0.25, 0.3) is 0 Å². The number of rotatable bonds is 12. The summed E-state index contributed by atoms with van der Waals surface area (Å²) in [7, 11) is 0. The van der Waals surface area contributed by atoms with E-state index in [1.54, 1.807) is 0 Å². The number of nitrogens with one attached hydrogen (secondary N) is 2. The number of carbonyl (C=O) groups is 2. The van der Waals surface area contributed by atoms with E-state index in [-0.39, 0.29) is 17.7 Å². The maximum atomic E-state index is 13.9. The third-order valence-electron chi connectivity index (χ3n) is 7.93. The quantitative estimate of drug-likeness (QED) is 0.228. The Morgan fingerprint density at radius 2 is 1.68 bits per heavy atom. The summed E-state index contributed by atoms with van der Waals surface area (Å²) in [6.07, 6.45) is 6.19. The Morgan fingerprint density at radius 1 is 0.951 bits per heavy atom. The normalized spacial score (nSPS) is 14.1. The van der Waals surface area contributed by atoms with Gasteiger partial charge in [0, 0.05) is 25.1 Å². The predicted octanol–water partition coefficient (Wildman–Crippen LogP) is 5.93. The van der Waals surface area contributed by atoms with Gasteiger partial charge in [-0.3, -0.25) is 9.59 Å². The number of carbonyl (C=O) groups excluding carboxylic acids is 2. The molecule has 0 saturated heterocycles. The maximum absolute atomic E-state index is 13.9. The standard InChI is InChI=1S/C33H38N6O2/c1-2-3-18-30(40)39(31(27-16-10-11-17-27)33(41)34-22-24-12-6-4-7-13-24)23-25-19-20-28(26-14-8-5-9-15-26)29(21-25)32-35-37-38-36-32/h4-9,12-15,19-21,27,31H,2-3,10-11,16-18,22-23H2,1H3,(H,34,41)(H,35,36,37,38). The first-order valence-electron chi connectivity index (χ1n) is 14.7. The second-order valence-electron chi connectivity index (χ2n) is 10.8. The molecule has 5 rings (SSSR count). The average molecular weight is 551 g/mol. The Bertz CT molecular complexity index is 1400. The molecule has 1 aromatic heterocycles. The lowest BCUT2D eigenvalue weighted by atomic mass is 9.93. The first-order valence-corrected chi connectivity index (χ1v) is 14.7. The summed E-state index contributed by atoms with van der Waals surface area (Å²) in [5.41, 5.74) is 4.81. The fourth-order valence-electron chi connectivity index (χ4n) is 5.80. The molecule has 3 aromatic carbocycles. The van der Waals surface area contributed by atoms with Gasteiger partial charge < -0.3 is 10.2 Å². The second-order valence-corrected chi connectivity index (χ2v) is 10.8. The van der Waals surface area contributed by atoms with Gasteiger partial charge in [-0.1, -0.05) is 99.0 Å². The van der Waals surface area contributed by atoms with Crippen LogP contribution in [0.15, 0.2) is 78.9 Å². The molecule has 4 aromatic rings. The number of aromatic amines is 1. The van der Waals surface area contributed by atoms with Gasteiger partial charge in [-0.2, -0.15) is 5.21 Å². The molecule has 0 aliphatic heterocycles. The van der Waals surface area contributed by atoms with E-state index in [2.05, 4.69) is 32.9 Å². The zero-order chi connectivity index (χ0) is 28.4. The molecule has 8 nitrogen and oxygen atoms in total. The van der Waals surface area contributed by atoms with E-state index in [9.17, 15) is 9.59 Å². The van der Waals surface area contributed by atoms with Crippen molar-refractivity contribution in [2.24, 2.45) is 5.92 Å². The smallest absolute Gasteiger partial charge is 0.243 e. The Kier molecular flexibility index (Phi) is 9.52. The van der Waals surface area contributed by atoms with Crippen molar-refractivity contribution in [1.82, 2.24) is 30.8 Å². The number of hydrogen-bond donors (Lipinski definition) is 2. The first kappa shape index (κ1) is 28.2. The van der Waals surface area contributed by atoms with E-state index in [0.29, 0.717) is 25.3 Å². The molecule has 2 N–H and O–H groups in total. The summed E-state index contributed by atoms with van der Waals surface area (Å²) in [6, 6.07) is 25.6. The molecule has 1 unspecified atom stereocenters. The summed E-state index contributed by atoms with van der Waals surface area (Å²) in [6.45, 7) is 2.86. The molecule has 0 spiro atoms. The van der Waals surface area contributed by atoms with Crippen molar-refractivity contribution >= 4 is 11.8 Å². The van der Waals surface area contributed by atoms with Crippen molar-refractivity contribution in [1.29, 1.82) is 0 Å². The molecule has 8 heteroatoms. The van der Waals surface area contributed by atoms with E-state index in [1.165, 1.54) is 0 Å². The Labute approximate surface area is 241 Å². The molecule has 1 atom stereocenters. The van der Waals surface area contributed by atoms with Crippen LogP contribution in [0, 0.1) is 5.92 Å². The van der Waals surface area contributed by atoms with Crippen LogP contribution >= 0.6 is 0 Å². The summed E-state index contributed by atoms with van der Waals surface area (Å²) in [5, 5.41) is 18.0. The summed E-state index contributed by atoms with van der Waals surface area (Å²) in [5.74, 6) is 0.566. The van der Waals surface area contributed by atoms with E-state index in [1.807, 2.05) is 83.8 Å². The SMILES string of the molecule is CCCCC(=O)N(Cc1ccc(-c2ccccc2)c(-c2nn[nH]n2)c1)C(C(=O)NCc1ccccc1)C1CCCC1. The molecular formula is C33H38N6O2. The van der Waals surface area contributed by atoms with Gasteiger partial charge >= 0.3 is 0 Å². The fourth-order valence-corrected chi connectivity index (χ4v) is 5.80. The summed E-state index contributed by atoms with van der Waals surface area (Å²) in [4.78, 5) is 29.5. The number of aromatic nitrogens is 4. The minimum absolute atomic E-state index is 0.0202. The molecule has 1 aliphatic rings. The largest absolute Gasteiger partial charge is 0.350 e. The number of benzene rings is 3. The van der Waals surface area contributed by atoms with Crippen LogP contribution in [0.4, 0.5) is 0 Å². The molecule has 1 aliphatic carbocycles. The van der Waals surface area contributed by atoms with Gasteiger partial charge in [0.1, 0.15) is 6.04 Å². The lowest BCUT2D eigenvalue weighted by Crippen LogP contribution is -2.52. The summed E-state index contributed by atoms with van der Waals surface area (Å²) >= 11 is 0.